The second-order valence-electron chi connectivity index (χ2n) is 1.47. The van der Waals surface area contributed by atoms with Crippen molar-refractivity contribution in [2.75, 3.05) is 0 Å². The number of rotatable bonds is 1. The molecule has 0 bridgehead atoms. The molecular formula is C4H4FN3O. The van der Waals surface area contributed by atoms with E-state index >= 15 is 0 Å². The Morgan fingerprint density at radius 2 is 2.56 bits per heavy atom. The normalized spacial score (nSPS) is 9.44. The van der Waals surface area contributed by atoms with Crippen LogP contribution in [-0.4, -0.2) is 16.1 Å². The molecule has 1 aromatic heterocycles. The van der Waals surface area contributed by atoms with E-state index in [9.17, 15) is 9.18 Å². The highest BCUT2D eigenvalue weighted by molar-refractivity contribution is 5.90. The summed E-state index contributed by atoms with van der Waals surface area (Å²) < 4.78 is 12.0. The quantitative estimate of drug-likeness (QED) is 0.543. The Morgan fingerprint density at radius 1 is 1.89 bits per heavy atom. The topological polar surface area (TPSA) is 71.8 Å². The molecule has 0 unspecified atom stereocenters. The minimum absolute atomic E-state index is 0.0903. The number of hydrogen-bond acceptors (Lipinski definition) is 2. The molecule has 4 nitrogen and oxygen atoms in total. The summed E-state index contributed by atoms with van der Waals surface area (Å²) in [5, 5.41) is 5.17. The van der Waals surface area contributed by atoms with Crippen molar-refractivity contribution in [1.82, 2.24) is 10.2 Å². The Hall–Kier alpha value is -1.39. The first-order valence-corrected chi connectivity index (χ1v) is 2.21. The third kappa shape index (κ3) is 1.04. The number of aromatic nitrogens is 2. The van der Waals surface area contributed by atoms with Crippen LogP contribution in [0.2, 0.25) is 0 Å². The zero-order chi connectivity index (χ0) is 6.85. The van der Waals surface area contributed by atoms with E-state index in [0.717, 1.165) is 6.07 Å². The minimum Gasteiger partial charge on any atom is -0.364 e. The third-order valence-corrected chi connectivity index (χ3v) is 0.799. The molecule has 5 heteroatoms. The van der Waals surface area contributed by atoms with Crippen molar-refractivity contribution in [2.45, 2.75) is 0 Å². The average Bonchev–Trinajstić information content (AvgIpc) is 2.14. The van der Waals surface area contributed by atoms with Gasteiger partial charge in [0, 0.05) is 6.07 Å². The molecule has 9 heavy (non-hydrogen) atoms. The number of carbonyl (C=O) groups is 1. The van der Waals surface area contributed by atoms with Crippen LogP contribution in [0.4, 0.5) is 4.39 Å². The SMILES string of the molecule is NC(=O)c1cc(F)[nH]n1. The molecule has 0 atom stereocenters. The van der Waals surface area contributed by atoms with E-state index in [1.54, 1.807) is 0 Å². The van der Waals surface area contributed by atoms with Crippen molar-refractivity contribution < 1.29 is 9.18 Å². The molecule has 0 aliphatic rings. The van der Waals surface area contributed by atoms with Gasteiger partial charge in [0.05, 0.1) is 0 Å². The van der Waals surface area contributed by atoms with Crippen molar-refractivity contribution in [3.05, 3.63) is 17.7 Å². The molecule has 0 aliphatic carbocycles. The smallest absolute Gasteiger partial charge is 0.269 e. The van der Waals surface area contributed by atoms with E-state index < -0.39 is 11.9 Å². The molecule has 0 aliphatic heterocycles. The van der Waals surface area contributed by atoms with Crippen molar-refractivity contribution in [1.29, 1.82) is 0 Å². The number of aromatic amines is 1. The van der Waals surface area contributed by atoms with Gasteiger partial charge in [0.2, 0.25) is 5.95 Å². The molecule has 0 radical (unpaired) electrons. The first-order valence-electron chi connectivity index (χ1n) is 2.21. The number of nitrogens with zero attached hydrogens (tertiary/aromatic N) is 1. The number of amides is 1. The predicted octanol–water partition coefficient (Wildman–Crippen LogP) is -0.352. The Morgan fingerprint density at radius 3 is 2.78 bits per heavy atom. The Balaban J connectivity index is 2.98. The zero-order valence-electron chi connectivity index (χ0n) is 4.39. The fourth-order valence-electron chi connectivity index (χ4n) is 0.424. The summed E-state index contributed by atoms with van der Waals surface area (Å²) >= 11 is 0. The Labute approximate surface area is 49.9 Å². The van der Waals surface area contributed by atoms with Gasteiger partial charge in [-0.05, 0) is 0 Å². The highest BCUT2D eigenvalue weighted by Gasteiger charge is 2.03. The van der Waals surface area contributed by atoms with Crippen LogP contribution in [0.3, 0.4) is 0 Å². The van der Waals surface area contributed by atoms with E-state index in [2.05, 4.69) is 5.10 Å². The van der Waals surface area contributed by atoms with Gasteiger partial charge in [0.1, 0.15) is 0 Å². The molecule has 1 aromatic rings. The minimum atomic E-state index is -0.741. The molecule has 0 fully saturated rings. The van der Waals surface area contributed by atoms with E-state index in [1.807, 2.05) is 5.10 Å². The highest BCUT2D eigenvalue weighted by Crippen LogP contribution is 1.94. The lowest BCUT2D eigenvalue weighted by atomic mass is 10.4. The molecule has 1 rings (SSSR count). The lowest BCUT2D eigenvalue weighted by molar-refractivity contribution is 0.0995. The summed E-state index contributed by atoms with van der Waals surface area (Å²) in [5.74, 6) is -1.40. The van der Waals surface area contributed by atoms with Gasteiger partial charge in [-0.3, -0.25) is 9.89 Å². The molecule has 0 spiro atoms. The van der Waals surface area contributed by atoms with E-state index in [4.69, 9.17) is 5.73 Å². The van der Waals surface area contributed by atoms with Gasteiger partial charge in [-0.15, -0.1) is 0 Å². The van der Waals surface area contributed by atoms with Gasteiger partial charge in [-0.1, -0.05) is 0 Å². The Bertz CT molecular complexity index is 231. The van der Waals surface area contributed by atoms with Gasteiger partial charge in [0.25, 0.3) is 5.91 Å². The number of halogens is 1. The van der Waals surface area contributed by atoms with Crippen LogP contribution in [0.5, 0.6) is 0 Å². The number of nitrogens with one attached hydrogen (secondary N) is 1. The van der Waals surface area contributed by atoms with Crippen LogP contribution in [0.15, 0.2) is 6.07 Å². The Kier molecular flexibility index (Phi) is 1.18. The standard InChI is InChI=1S/C4H4FN3O/c5-3-1-2(4(6)9)7-8-3/h1H,(H2,6,9)(H,7,8). The average molecular weight is 129 g/mol. The first-order chi connectivity index (χ1) is 4.20. The monoisotopic (exact) mass is 129 g/mol. The summed E-state index contributed by atoms with van der Waals surface area (Å²) in [7, 11) is 0. The van der Waals surface area contributed by atoms with E-state index in [0.29, 0.717) is 0 Å². The van der Waals surface area contributed by atoms with Gasteiger partial charge >= 0.3 is 0 Å². The van der Waals surface area contributed by atoms with Crippen molar-refractivity contribution in [2.24, 2.45) is 5.73 Å². The lowest BCUT2D eigenvalue weighted by Crippen LogP contribution is -2.10. The molecular weight excluding hydrogens is 125 g/mol. The first kappa shape index (κ1) is 5.74. The third-order valence-electron chi connectivity index (χ3n) is 0.799. The zero-order valence-corrected chi connectivity index (χ0v) is 4.39. The van der Waals surface area contributed by atoms with Crippen molar-refractivity contribution in [3.63, 3.8) is 0 Å². The predicted molar refractivity (Wildman–Crippen MR) is 27.1 cm³/mol. The van der Waals surface area contributed by atoms with Gasteiger partial charge in [-0.2, -0.15) is 9.49 Å². The number of hydrogen-bond donors (Lipinski definition) is 2. The number of nitrogens with two attached hydrogens (primary N) is 1. The molecule has 0 saturated carbocycles. The second kappa shape index (κ2) is 1.85. The maximum atomic E-state index is 12.0. The van der Waals surface area contributed by atoms with Gasteiger partial charge in [0.15, 0.2) is 5.69 Å². The fraction of sp³-hybridized carbons (Fsp3) is 0. The maximum Gasteiger partial charge on any atom is 0.269 e. The van der Waals surface area contributed by atoms with E-state index in [-0.39, 0.29) is 5.69 Å². The molecule has 0 saturated heterocycles. The highest BCUT2D eigenvalue weighted by atomic mass is 19.1. The molecule has 1 heterocycles. The van der Waals surface area contributed by atoms with Crippen LogP contribution in [0, 0.1) is 5.95 Å². The van der Waals surface area contributed by atoms with E-state index in [1.165, 1.54) is 0 Å². The summed E-state index contributed by atoms with van der Waals surface area (Å²) in [6, 6.07) is 0.933. The van der Waals surface area contributed by atoms with Crippen molar-refractivity contribution in [3.8, 4) is 0 Å². The van der Waals surface area contributed by atoms with Crippen LogP contribution >= 0.6 is 0 Å². The van der Waals surface area contributed by atoms with Crippen LogP contribution < -0.4 is 5.73 Å². The largest absolute Gasteiger partial charge is 0.364 e. The van der Waals surface area contributed by atoms with Gasteiger partial charge in [-0.25, -0.2) is 0 Å². The molecule has 3 N–H and O–H groups in total. The number of carbonyl (C=O) groups excluding carboxylic acids is 1. The van der Waals surface area contributed by atoms with Gasteiger partial charge < -0.3 is 5.73 Å². The number of H-pyrrole nitrogens is 1. The fourth-order valence-corrected chi connectivity index (χ4v) is 0.424. The van der Waals surface area contributed by atoms with Crippen LogP contribution in [0.25, 0.3) is 0 Å². The molecule has 0 aromatic carbocycles. The van der Waals surface area contributed by atoms with Crippen LogP contribution in [0.1, 0.15) is 10.5 Å². The molecule has 48 valence electrons. The second-order valence-corrected chi connectivity index (χ2v) is 1.47. The van der Waals surface area contributed by atoms with Crippen LogP contribution in [-0.2, 0) is 0 Å². The van der Waals surface area contributed by atoms with Crippen molar-refractivity contribution >= 4 is 5.91 Å². The summed E-state index contributed by atoms with van der Waals surface area (Å²) in [6.07, 6.45) is 0. The number of primary amides is 1. The summed E-state index contributed by atoms with van der Waals surface area (Å²) in [5.41, 5.74) is 4.65. The summed E-state index contributed by atoms with van der Waals surface area (Å²) in [4.78, 5) is 10.2. The lowest BCUT2D eigenvalue weighted by Gasteiger charge is -1.78. The summed E-state index contributed by atoms with van der Waals surface area (Å²) in [6.45, 7) is 0. The maximum absolute atomic E-state index is 12.0. The molecule has 1 amide bonds.